The molecule has 1 aromatic heterocycles. The fourth-order valence-corrected chi connectivity index (χ4v) is 2.76. The first-order chi connectivity index (χ1) is 13.4. The number of nitrogens with zero attached hydrogens (tertiary/aromatic N) is 3. The van der Waals surface area contributed by atoms with Crippen molar-refractivity contribution in [3.8, 4) is 28.3 Å². The summed E-state index contributed by atoms with van der Waals surface area (Å²) in [6.07, 6.45) is 0. The molecule has 0 aliphatic carbocycles. The predicted octanol–water partition coefficient (Wildman–Crippen LogP) is 6.43. The molecule has 0 saturated carbocycles. The molecule has 0 atom stereocenters. The van der Waals surface area contributed by atoms with Crippen molar-refractivity contribution in [2.45, 2.75) is 0 Å². The van der Waals surface area contributed by atoms with Gasteiger partial charge >= 0.3 is 0 Å². The summed E-state index contributed by atoms with van der Waals surface area (Å²) in [6.45, 7) is 0. The Morgan fingerprint density at radius 1 is 0.741 bits per heavy atom. The summed E-state index contributed by atoms with van der Waals surface area (Å²) in [5.74, 6) is 1.23. The van der Waals surface area contributed by atoms with Crippen molar-refractivity contribution in [3.05, 3.63) is 84.9 Å². The summed E-state index contributed by atoms with van der Waals surface area (Å²) in [6, 6.07) is 27.0. The topological polar surface area (TPSA) is 60.0 Å². The SMILES string of the molecule is COc1ccccc1N=Nc1c(-c2ccccc2)noc1-c1ccccc1. The summed E-state index contributed by atoms with van der Waals surface area (Å²) >= 11 is 0. The lowest BCUT2D eigenvalue weighted by Crippen LogP contribution is -1.82. The van der Waals surface area contributed by atoms with Crippen LogP contribution in [0.15, 0.2) is 99.7 Å². The molecule has 0 amide bonds. The second-order valence-corrected chi connectivity index (χ2v) is 5.81. The van der Waals surface area contributed by atoms with Gasteiger partial charge in [0.25, 0.3) is 0 Å². The molecule has 0 N–H and O–H groups in total. The molecule has 4 rings (SSSR count). The van der Waals surface area contributed by atoms with Gasteiger partial charge < -0.3 is 9.26 Å². The van der Waals surface area contributed by atoms with Gasteiger partial charge in [0.05, 0.1) is 7.11 Å². The van der Waals surface area contributed by atoms with Crippen molar-refractivity contribution in [2.75, 3.05) is 7.11 Å². The van der Waals surface area contributed by atoms with Gasteiger partial charge in [0.1, 0.15) is 17.1 Å². The monoisotopic (exact) mass is 355 g/mol. The minimum Gasteiger partial charge on any atom is -0.494 e. The van der Waals surface area contributed by atoms with Crippen LogP contribution in [0, 0.1) is 0 Å². The van der Waals surface area contributed by atoms with E-state index in [0.29, 0.717) is 28.6 Å². The lowest BCUT2D eigenvalue weighted by molar-refractivity contribution is 0.416. The van der Waals surface area contributed by atoms with Crippen LogP contribution in [0.3, 0.4) is 0 Å². The lowest BCUT2D eigenvalue weighted by atomic mass is 10.1. The largest absolute Gasteiger partial charge is 0.494 e. The van der Waals surface area contributed by atoms with Gasteiger partial charge in [-0.2, -0.15) is 0 Å². The van der Waals surface area contributed by atoms with Crippen LogP contribution in [-0.4, -0.2) is 12.3 Å². The van der Waals surface area contributed by atoms with E-state index in [1.807, 2.05) is 84.9 Å². The third-order valence-electron chi connectivity index (χ3n) is 4.09. The Morgan fingerprint density at radius 3 is 2.07 bits per heavy atom. The van der Waals surface area contributed by atoms with Crippen LogP contribution in [0.2, 0.25) is 0 Å². The maximum Gasteiger partial charge on any atom is 0.195 e. The summed E-state index contributed by atoms with van der Waals surface area (Å²) < 4.78 is 11.0. The van der Waals surface area contributed by atoms with Gasteiger partial charge in [-0.25, -0.2) is 0 Å². The quantitative estimate of drug-likeness (QED) is 0.387. The fourth-order valence-electron chi connectivity index (χ4n) is 2.76. The molecule has 5 nitrogen and oxygen atoms in total. The van der Waals surface area contributed by atoms with Crippen LogP contribution in [0.4, 0.5) is 11.4 Å². The Balaban J connectivity index is 1.84. The minimum absolute atomic E-state index is 0.577. The number of hydrogen-bond acceptors (Lipinski definition) is 5. The minimum atomic E-state index is 0.577. The molecule has 0 aliphatic rings. The van der Waals surface area contributed by atoms with E-state index in [1.54, 1.807) is 7.11 Å². The summed E-state index contributed by atoms with van der Waals surface area (Å²) in [5, 5.41) is 13.1. The first-order valence-corrected chi connectivity index (χ1v) is 8.52. The number of para-hydroxylation sites is 1. The Morgan fingerprint density at radius 2 is 1.37 bits per heavy atom. The maximum absolute atomic E-state index is 5.65. The average molecular weight is 355 g/mol. The van der Waals surface area contributed by atoms with Gasteiger partial charge in [-0.15, -0.1) is 10.2 Å². The standard InChI is InChI=1S/C22H17N3O2/c1-26-19-15-9-8-14-18(19)23-24-21-20(16-10-4-2-5-11-16)25-27-22(21)17-12-6-3-7-13-17/h2-15H,1H3. The van der Waals surface area contributed by atoms with Gasteiger partial charge in [-0.1, -0.05) is 78.0 Å². The highest BCUT2D eigenvalue weighted by molar-refractivity contribution is 5.82. The molecule has 0 unspecified atom stereocenters. The van der Waals surface area contributed by atoms with Crippen LogP contribution < -0.4 is 4.74 Å². The Bertz CT molecular complexity index is 1000. The number of benzene rings is 3. The molecular weight excluding hydrogens is 338 g/mol. The highest BCUT2D eigenvalue weighted by atomic mass is 16.5. The maximum atomic E-state index is 5.65. The van der Waals surface area contributed by atoms with Crippen molar-refractivity contribution in [2.24, 2.45) is 10.2 Å². The van der Waals surface area contributed by atoms with Crippen LogP contribution in [0.25, 0.3) is 22.6 Å². The number of hydrogen-bond donors (Lipinski definition) is 0. The van der Waals surface area contributed by atoms with Gasteiger partial charge in [-0.05, 0) is 12.1 Å². The van der Waals surface area contributed by atoms with Crippen molar-refractivity contribution in [1.29, 1.82) is 0 Å². The molecule has 0 spiro atoms. The zero-order valence-electron chi connectivity index (χ0n) is 14.7. The van der Waals surface area contributed by atoms with Gasteiger partial charge in [0, 0.05) is 11.1 Å². The van der Waals surface area contributed by atoms with Crippen LogP contribution >= 0.6 is 0 Å². The normalized spacial score (nSPS) is 11.0. The number of aromatic nitrogens is 1. The third kappa shape index (κ3) is 3.48. The highest BCUT2D eigenvalue weighted by Gasteiger charge is 2.19. The molecule has 132 valence electrons. The number of methoxy groups -OCH3 is 1. The van der Waals surface area contributed by atoms with Gasteiger partial charge in [0.15, 0.2) is 11.4 Å². The summed E-state index contributed by atoms with van der Waals surface area (Å²) in [5.41, 5.74) is 3.67. The highest BCUT2D eigenvalue weighted by Crippen LogP contribution is 2.40. The Labute approximate surface area is 156 Å². The van der Waals surface area contributed by atoms with Crippen molar-refractivity contribution in [3.63, 3.8) is 0 Å². The van der Waals surface area contributed by atoms with E-state index < -0.39 is 0 Å². The molecule has 27 heavy (non-hydrogen) atoms. The van der Waals surface area contributed by atoms with Crippen molar-refractivity contribution in [1.82, 2.24) is 5.16 Å². The van der Waals surface area contributed by atoms with Crippen molar-refractivity contribution < 1.29 is 9.26 Å². The third-order valence-corrected chi connectivity index (χ3v) is 4.09. The zero-order chi connectivity index (χ0) is 18.5. The van der Waals surface area contributed by atoms with E-state index in [9.17, 15) is 0 Å². The van der Waals surface area contributed by atoms with Gasteiger partial charge in [0.2, 0.25) is 0 Å². The van der Waals surface area contributed by atoms with Crippen molar-refractivity contribution >= 4 is 11.4 Å². The zero-order valence-corrected chi connectivity index (χ0v) is 14.7. The smallest absolute Gasteiger partial charge is 0.195 e. The molecule has 4 aromatic rings. The molecule has 0 saturated heterocycles. The lowest BCUT2D eigenvalue weighted by Gasteiger charge is -2.02. The molecular formula is C22H17N3O2. The average Bonchev–Trinajstić information content (AvgIpc) is 3.17. The molecule has 0 aliphatic heterocycles. The van der Waals surface area contributed by atoms with Gasteiger partial charge in [-0.3, -0.25) is 0 Å². The Kier molecular flexibility index (Phi) is 4.74. The van der Waals surface area contributed by atoms with E-state index in [0.717, 1.165) is 11.1 Å². The molecule has 1 heterocycles. The number of ether oxygens (including phenoxy) is 1. The second kappa shape index (κ2) is 7.66. The summed E-state index contributed by atoms with van der Waals surface area (Å²) in [4.78, 5) is 0. The van der Waals surface area contributed by atoms with Crippen LogP contribution in [0.5, 0.6) is 5.75 Å². The number of azo groups is 1. The van der Waals surface area contributed by atoms with E-state index in [-0.39, 0.29) is 0 Å². The Hall–Kier alpha value is -3.73. The fraction of sp³-hybridized carbons (Fsp3) is 0.0455. The molecule has 0 bridgehead atoms. The summed E-state index contributed by atoms with van der Waals surface area (Å²) in [7, 11) is 1.61. The molecule has 5 heteroatoms. The first-order valence-electron chi connectivity index (χ1n) is 8.52. The molecule has 0 radical (unpaired) electrons. The molecule has 0 fully saturated rings. The molecule has 3 aromatic carbocycles. The van der Waals surface area contributed by atoms with E-state index in [2.05, 4.69) is 15.4 Å². The second-order valence-electron chi connectivity index (χ2n) is 5.81. The van der Waals surface area contributed by atoms with E-state index in [1.165, 1.54) is 0 Å². The van der Waals surface area contributed by atoms with Crippen LogP contribution in [-0.2, 0) is 0 Å². The van der Waals surface area contributed by atoms with E-state index in [4.69, 9.17) is 9.26 Å². The number of rotatable bonds is 5. The van der Waals surface area contributed by atoms with E-state index >= 15 is 0 Å². The van der Waals surface area contributed by atoms with Crippen LogP contribution in [0.1, 0.15) is 0 Å². The predicted molar refractivity (Wildman–Crippen MR) is 105 cm³/mol. The first kappa shape index (κ1) is 16.7.